The first-order valence-corrected chi connectivity index (χ1v) is 5.12. The Labute approximate surface area is 88.9 Å². The van der Waals surface area contributed by atoms with Gasteiger partial charge in [0.05, 0.1) is 14.8 Å². The molecule has 4 heteroatoms. The second-order valence-electron chi connectivity index (χ2n) is 2.79. The monoisotopic (exact) mass is 290 g/mol. The van der Waals surface area contributed by atoms with Crippen LogP contribution in [-0.4, -0.2) is 9.61 Å². The molecule has 0 radical (unpaired) electrons. The van der Waals surface area contributed by atoms with Gasteiger partial charge in [-0.1, -0.05) is 6.92 Å². The fraction of sp³-hybridized carbons (Fsp3) is 0.222. The maximum atomic E-state index is 12.9. The first-order valence-electron chi connectivity index (χ1n) is 4.04. The molecule has 2 aromatic heterocycles. The van der Waals surface area contributed by atoms with E-state index in [-0.39, 0.29) is 5.82 Å². The standard InChI is InChI=1S/C9H8FIN2/c1-2-7-9(11)8-5-6(10)3-4-13(8)12-7/h3-5H,2H2,1H3. The molecule has 68 valence electrons. The molecule has 0 unspecified atom stereocenters. The molecule has 0 aromatic carbocycles. The predicted molar refractivity (Wildman–Crippen MR) is 57.2 cm³/mol. The number of hydrogen-bond donors (Lipinski definition) is 0. The molecular weight excluding hydrogens is 282 g/mol. The van der Waals surface area contributed by atoms with Gasteiger partial charge in [0, 0.05) is 12.3 Å². The average Bonchev–Trinajstić information content (AvgIpc) is 2.44. The zero-order chi connectivity index (χ0) is 9.42. The van der Waals surface area contributed by atoms with Gasteiger partial charge in [-0.15, -0.1) is 0 Å². The van der Waals surface area contributed by atoms with Crippen molar-refractivity contribution in [3.05, 3.63) is 33.4 Å². The van der Waals surface area contributed by atoms with Gasteiger partial charge in [0.1, 0.15) is 5.82 Å². The van der Waals surface area contributed by atoms with E-state index in [0.717, 1.165) is 21.2 Å². The molecule has 0 saturated heterocycles. The molecule has 0 bridgehead atoms. The lowest BCUT2D eigenvalue weighted by atomic mass is 10.3. The normalized spacial score (nSPS) is 11.0. The van der Waals surface area contributed by atoms with Gasteiger partial charge in [0.2, 0.25) is 0 Å². The van der Waals surface area contributed by atoms with Crippen LogP contribution in [0.25, 0.3) is 5.52 Å². The third kappa shape index (κ3) is 1.43. The Kier molecular flexibility index (Phi) is 2.23. The number of hydrogen-bond acceptors (Lipinski definition) is 1. The van der Waals surface area contributed by atoms with E-state index in [4.69, 9.17) is 0 Å². The number of aryl methyl sites for hydroxylation is 1. The highest BCUT2D eigenvalue weighted by atomic mass is 127. The van der Waals surface area contributed by atoms with Crippen molar-refractivity contribution in [2.75, 3.05) is 0 Å². The largest absolute Gasteiger partial charge is 0.239 e. The molecule has 2 heterocycles. The second-order valence-corrected chi connectivity index (χ2v) is 3.87. The van der Waals surface area contributed by atoms with Crippen LogP contribution < -0.4 is 0 Å². The van der Waals surface area contributed by atoms with E-state index in [9.17, 15) is 4.39 Å². The fourth-order valence-electron chi connectivity index (χ4n) is 1.27. The highest BCUT2D eigenvalue weighted by molar-refractivity contribution is 14.1. The van der Waals surface area contributed by atoms with Crippen molar-refractivity contribution in [3.8, 4) is 0 Å². The Morgan fingerprint density at radius 2 is 2.38 bits per heavy atom. The van der Waals surface area contributed by atoms with Crippen molar-refractivity contribution in [3.63, 3.8) is 0 Å². The summed E-state index contributed by atoms with van der Waals surface area (Å²) in [6, 6.07) is 2.92. The molecule has 0 amide bonds. The maximum absolute atomic E-state index is 12.9. The lowest BCUT2D eigenvalue weighted by molar-refractivity contribution is 0.625. The number of aromatic nitrogens is 2. The lowest BCUT2D eigenvalue weighted by Crippen LogP contribution is -1.87. The van der Waals surface area contributed by atoms with E-state index < -0.39 is 0 Å². The molecule has 0 aliphatic carbocycles. The summed E-state index contributed by atoms with van der Waals surface area (Å²) in [4.78, 5) is 0. The molecule has 2 aromatic rings. The number of nitrogens with zero attached hydrogens (tertiary/aromatic N) is 2. The highest BCUT2D eigenvalue weighted by Crippen LogP contribution is 2.19. The number of rotatable bonds is 1. The van der Waals surface area contributed by atoms with Crippen molar-refractivity contribution in [1.82, 2.24) is 9.61 Å². The Morgan fingerprint density at radius 3 is 3.08 bits per heavy atom. The summed E-state index contributed by atoms with van der Waals surface area (Å²) in [6.45, 7) is 2.04. The van der Waals surface area contributed by atoms with Crippen LogP contribution in [0.4, 0.5) is 4.39 Å². The van der Waals surface area contributed by atoms with Gasteiger partial charge >= 0.3 is 0 Å². The highest BCUT2D eigenvalue weighted by Gasteiger charge is 2.08. The van der Waals surface area contributed by atoms with E-state index >= 15 is 0 Å². The topological polar surface area (TPSA) is 17.3 Å². The van der Waals surface area contributed by atoms with Crippen LogP contribution in [0.2, 0.25) is 0 Å². The minimum Gasteiger partial charge on any atom is -0.239 e. The number of halogens is 2. The summed E-state index contributed by atoms with van der Waals surface area (Å²) in [5, 5.41) is 4.31. The summed E-state index contributed by atoms with van der Waals surface area (Å²) in [5.41, 5.74) is 1.86. The number of pyridine rings is 1. The van der Waals surface area contributed by atoms with E-state index in [0.29, 0.717) is 0 Å². The Balaban J connectivity index is 2.77. The van der Waals surface area contributed by atoms with Gasteiger partial charge in [0.15, 0.2) is 0 Å². The molecule has 2 nitrogen and oxygen atoms in total. The summed E-state index contributed by atoms with van der Waals surface area (Å²) >= 11 is 2.20. The smallest absolute Gasteiger partial charge is 0.126 e. The van der Waals surface area contributed by atoms with Crippen LogP contribution in [0.3, 0.4) is 0 Å². The van der Waals surface area contributed by atoms with Crippen molar-refractivity contribution >= 4 is 28.1 Å². The van der Waals surface area contributed by atoms with E-state index in [1.54, 1.807) is 10.7 Å². The van der Waals surface area contributed by atoms with E-state index in [2.05, 4.69) is 27.7 Å². The van der Waals surface area contributed by atoms with Gasteiger partial charge < -0.3 is 0 Å². The van der Waals surface area contributed by atoms with Crippen molar-refractivity contribution in [2.45, 2.75) is 13.3 Å². The molecule has 0 aliphatic rings. The van der Waals surface area contributed by atoms with Gasteiger partial charge in [-0.2, -0.15) is 5.10 Å². The first kappa shape index (κ1) is 8.93. The van der Waals surface area contributed by atoms with Gasteiger partial charge in [-0.25, -0.2) is 8.91 Å². The molecular formula is C9H8FIN2. The Hall–Kier alpha value is -0.650. The molecule has 0 saturated carbocycles. The van der Waals surface area contributed by atoms with E-state index in [1.165, 1.54) is 12.1 Å². The van der Waals surface area contributed by atoms with Gasteiger partial charge in [-0.3, -0.25) is 0 Å². The van der Waals surface area contributed by atoms with Gasteiger partial charge in [-0.05, 0) is 35.1 Å². The first-order chi connectivity index (χ1) is 6.22. The van der Waals surface area contributed by atoms with Crippen LogP contribution in [-0.2, 0) is 6.42 Å². The zero-order valence-electron chi connectivity index (χ0n) is 7.09. The molecule has 0 fully saturated rings. The third-order valence-corrected chi connectivity index (χ3v) is 3.11. The average molecular weight is 290 g/mol. The zero-order valence-corrected chi connectivity index (χ0v) is 9.25. The molecule has 13 heavy (non-hydrogen) atoms. The minimum absolute atomic E-state index is 0.215. The Morgan fingerprint density at radius 1 is 1.62 bits per heavy atom. The summed E-state index contributed by atoms with van der Waals surface area (Å²) in [6.07, 6.45) is 2.52. The fourth-order valence-corrected chi connectivity index (χ4v) is 2.16. The second kappa shape index (κ2) is 3.25. The minimum atomic E-state index is -0.215. The molecule has 0 atom stereocenters. The van der Waals surface area contributed by atoms with Crippen molar-refractivity contribution in [1.29, 1.82) is 0 Å². The van der Waals surface area contributed by atoms with Crippen LogP contribution >= 0.6 is 22.6 Å². The molecule has 0 aliphatic heterocycles. The van der Waals surface area contributed by atoms with Crippen LogP contribution in [0, 0.1) is 9.39 Å². The molecule has 2 rings (SSSR count). The maximum Gasteiger partial charge on any atom is 0.126 e. The van der Waals surface area contributed by atoms with Crippen molar-refractivity contribution in [2.24, 2.45) is 0 Å². The third-order valence-electron chi connectivity index (χ3n) is 1.94. The summed E-state index contributed by atoms with van der Waals surface area (Å²) in [7, 11) is 0. The van der Waals surface area contributed by atoms with Crippen LogP contribution in [0.15, 0.2) is 18.3 Å². The van der Waals surface area contributed by atoms with Crippen molar-refractivity contribution < 1.29 is 4.39 Å². The molecule has 0 N–H and O–H groups in total. The number of fused-ring (bicyclic) bond motifs is 1. The SMILES string of the molecule is CCc1nn2ccc(F)cc2c1I. The van der Waals surface area contributed by atoms with Crippen LogP contribution in [0.1, 0.15) is 12.6 Å². The molecule has 0 spiro atoms. The van der Waals surface area contributed by atoms with Gasteiger partial charge in [0.25, 0.3) is 0 Å². The summed E-state index contributed by atoms with van der Waals surface area (Å²) < 4.78 is 15.6. The van der Waals surface area contributed by atoms with E-state index in [1.807, 2.05) is 6.92 Å². The van der Waals surface area contributed by atoms with Crippen LogP contribution in [0.5, 0.6) is 0 Å². The quantitative estimate of drug-likeness (QED) is 0.738. The Bertz CT molecular complexity index is 450. The lowest BCUT2D eigenvalue weighted by Gasteiger charge is -1.91. The predicted octanol–water partition coefficient (Wildman–Crippen LogP) is 2.64. The summed E-state index contributed by atoms with van der Waals surface area (Å²) in [5.74, 6) is -0.215.